The van der Waals surface area contributed by atoms with Gasteiger partial charge in [-0.05, 0) is 23.7 Å². The fourth-order valence-corrected chi connectivity index (χ4v) is 0.755. The third kappa shape index (κ3) is 1.65. The fraction of sp³-hybridized carbons (Fsp3) is 0.143. The molecule has 5 heteroatoms. The molecular weight excluding hydrogens is 184 g/mol. The zero-order valence-corrected chi connectivity index (χ0v) is 6.92. The Balaban J connectivity index is 2.91. The molecule has 0 aromatic carbocycles. The van der Waals surface area contributed by atoms with Crippen LogP contribution in [-0.2, 0) is 4.74 Å². The summed E-state index contributed by atoms with van der Waals surface area (Å²) in [6.07, 6.45) is 0. The van der Waals surface area contributed by atoms with Crippen LogP contribution in [0.5, 0.6) is 0 Å². The lowest BCUT2D eigenvalue weighted by atomic mass is 10.4. The molecule has 0 N–H and O–H groups in total. The first-order chi connectivity index (χ1) is 5.65. The van der Waals surface area contributed by atoms with Gasteiger partial charge < -0.3 is 9.15 Å². The van der Waals surface area contributed by atoms with Gasteiger partial charge in [-0.1, -0.05) is 0 Å². The molecule has 0 fully saturated rings. The maximum absolute atomic E-state index is 10.8. The molecule has 12 heavy (non-hydrogen) atoms. The van der Waals surface area contributed by atoms with Gasteiger partial charge in [0.25, 0.3) is 5.24 Å². The molecule has 0 aliphatic rings. The predicted octanol–water partition coefficient (Wildman–Crippen LogP) is 1.45. The van der Waals surface area contributed by atoms with Gasteiger partial charge in [0.1, 0.15) is 0 Å². The van der Waals surface area contributed by atoms with E-state index in [4.69, 9.17) is 16.0 Å². The van der Waals surface area contributed by atoms with E-state index >= 15 is 0 Å². The number of ether oxygens (including phenoxy) is 1. The Bertz CT molecular complexity index is 315. The lowest BCUT2D eigenvalue weighted by molar-refractivity contribution is 0.0563. The van der Waals surface area contributed by atoms with Crippen LogP contribution in [0.1, 0.15) is 21.1 Å². The summed E-state index contributed by atoms with van der Waals surface area (Å²) in [7, 11) is 1.22. The van der Waals surface area contributed by atoms with Gasteiger partial charge in [-0.3, -0.25) is 4.79 Å². The maximum atomic E-state index is 10.8. The highest BCUT2D eigenvalue weighted by Gasteiger charge is 2.13. The lowest BCUT2D eigenvalue weighted by Gasteiger charge is -1.91. The SMILES string of the molecule is COC(=O)c1ccc(C(=O)Cl)o1. The van der Waals surface area contributed by atoms with E-state index in [1.165, 1.54) is 19.2 Å². The van der Waals surface area contributed by atoms with Crippen molar-refractivity contribution in [3.8, 4) is 0 Å². The van der Waals surface area contributed by atoms with Crippen molar-refractivity contribution in [3.05, 3.63) is 23.7 Å². The van der Waals surface area contributed by atoms with E-state index in [2.05, 4.69) is 4.74 Å². The highest BCUT2D eigenvalue weighted by molar-refractivity contribution is 6.67. The normalized spacial score (nSPS) is 9.50. The molecule has 0 saturated heterocycles. The van der Waals surface area contributed by atoms with E-state index in [1.54, 1.807) is 0 Å². The van der Waals surface area contributed by atoms with Gasteiger partial charge in [0.2, 0.25) is 5.76 Å². The monoisotopic (exact) mass is 188 g/mol. The predicted molar refractivity (Wildman–Crippen MR) is 40.2 cm³/mol. The van der Waals surface area contributed by atoms with Crippen LogP contribution in [0.4, 0.5) is 0 Å². The van der Waals surface area contributed by atoms with Crippen LogP contribution in [0, 0.1) is 0 Å². The number of carbonyl (C=O) groups excluding carboxylic acids is 2. The van der Waals surface area contributed by atoms with Crippen LogP contribution in [0.25, 0.3) is 0 Å². The number of carbonyl (C=O) groups is 2. The zero-order valence-electron chi connectivity index (χ0n) is 6.17. The minimum atomic E-state index is -0.745. The molecule has 0 atom stereocenters. The Labute approximate surface area is 73.1 Å². The third-order valence-electron chi connectivity index (χ3n) is 1.19. The van der Waals surface area contributed by atoms with Crippen LogP contribution in [0.3, 0.4) is 0 Å². The third-order valence-corrected chi connectivity index (χ3v) is 1.37. The number of furan rings is 1. The largest absolute Gasteiger partial charge is 0.463 e. The number of halogens is 1. The molecule has 0 saturated carbocycles. The standard InChI is InChI=1S/C7H5ClO4/c1-11-7(10)5-3-2-4(12-5)6(8)9/h2-3H,1H3. The minimum absolute atomic E-state index is 0.0403. The average Bonchev–Trinajstić information content (AvgIpc) is 2.51. The molecule has 0 radical (unpaired) electrons. The molecule has 0 unspecified atom stereocenters. The topological polar surface area (TPSA) is 56.5 Å². The van der Waals surface area contributed by atoms with Gasteiger partial charge in [0, 0.05) is 0 Å². The number of hydrogen-bond acceptors (Lipinski definition) is 4. The number of rotatable bonds is 2. The van der Waals surface area contributed by atoms with Crippen LogP contribution in [-0.4, -0.2) is 18.3 Å². The molecule has 1 aromatic heterocycles. The first kappa shape index (κ1) is 8.80. The van der Waals surface area contributed by atoms with E-state index in [1.807, 2.05) is 0 Å². The van der Waals surface area contributed by atoms with Crippen molar-refractivity contribution in [3.63, 3.8) is 0 Å². The van der Waals surface area contributed by atoms with Crippen LogP contribution in [0.15, 0.2) is 16.5 Å². The summed E-state index contributed by atoms with van der Waals surface area (Å²) in [5.41, 5.74) is 0. The molecular formula is C7H5ClO4. The van der Waals surface area contributed by atoms with E-state index in [-0.39, 0.29) is 11.5 Å². The second-order valence-electron chi connectivity index (χ2n) is 1.93. The second-order valence-corrected chi connectivity index (χ2v) is 2.27. The molecule has 1 heterocycles. The van der Waals surface area contributed by atoms with Crippen molar-refractivity contribution in [2.75, 3.05) is 7.11 Å². The van der Waals surface area contributed by atoms with E-state index in [0.717, 1.165) is 0 Å². The van der Waals surface area contributed by atoms with Gasteiger partial charge in [0.05, 0.1) is 7.11 Å². The van der Waals surface area contributed by atoms with Crippen molar-refractivity contribution in [2.24, 2.45) is 0 Å². The van der Waals surface area contributed by atoms with Gasteiger partial charge in [0.15, 0.2) is 5.76 Å². The molecule has 4 nitrogen and oxygen atoms in total. The van der Waals surface area contributed by atoms with Gasteiger partial charge in [-0.15, -0.1) is 0 Å². The highest BCUT2D eigenvalue weighted by atomic mass is 35.5. The molecule has 64 valence electrons. The second kappa shape index (κ2) is 3.40. The van der Waals surface area contributed by atoms with Crippen molar-refractivity contribution < 1.29 is 18.7 Å². The van der Waals surface area contributed by atoms with Crippen molar-refractivity contribution in [2.45, 2.75) is 0 Å². The Morgan fingerprint density at radius 1 is 1.42 bits per heavy atom. The van der Waals surface area contributed by atoms with E-state index in [0.29, 0.717) is 0 Å². The Morgan fingerprint density at radius 3 is 2.42 bits per heavy atom. The number of methoxy groups -OCH3 is 1. The first-order valence-corrected chi connectivity index (χ1v) is 3.41. The molecule has 0 aliphatic carbocycles. The summed E-state index contributed by atoms with van der Waals surface area (Å²) in [6, 6.07) is 2.63. The van der Waals surface area contributed by atoms with Crippen molar-refractivity contribution >= 4 is 22.8 Å². The zero-order chi connectivity index (χ0) is 9.14. The summed E-state index contributed by atoms with van der Waals surface area (Å²) in [5.74, 6) is -0.752. The van der Waals surface area contributed by atoms with Crippen LogP contribution in [0.2, 0.25) is 0 Å². The van der Waals surface area contributed by atoms with Gasteiger partial charge >= 0.3 is 5.97 Å². The molecule has 0 bridgehead atoms. The quantitative estimate of drug-likeness (QED) is 0.521. The maximum Gasteiger partial charge on any atom is 0.373 e. The smallest absolute Gasteiger partial charge is 0.373 e. The molecule has 1 aromatic rings. The van der Waals surface area contributed by atoms with E-state index < -0.39 is 11.2 Å². The van der Waals surface area contributed by atoms with Crippen LogP contribution >= 0.6 is 11.6 Å². The Kier molecular flexibility index (Phi) is 2.50. The van der Waals surface area contributed by atoms with Crippen molar-refractivity contribution in [1.82, 2.24) is 0 Å². The van der Waals surface area contributed by atoms with Gasteiger partial charge in [-0.25, -0.2) is 4.79 Å². The Morgan fingerprint density at radius 2 is 2.00 bits per heavy atom. The molecule has 0 spiro atoms. The number of esters is 1. The van der Waals surface area contributed by atoms with Crippen molar-refractivity contribution in [1.29, 1.82) is 0 Å². The summed E-state index contributed by atoms with van der Waals surface area (Å²) in [4.78, 5) is 21.3. The van der Waals surface area contributed by atoms with Gasteiger partial charge in [-0.2, -0.15) is 0 Å². The summed E-state index contributed by atoms with van der Waals surface area (Å²) >= 11 is 5.08. The number of hydrogen-bond donors (Lipinski definition) is 0. The summed E-state index contributed by atoms with van der Waals surface area (Å²) in [5, 5.41) is -0.745. The fourth-order valence-electron chi connectivity index (χ4n) is 0.654. The van der Waals surface area contributed by atoms with Crippen LogP contribution < -0.4 is 0 Å². The Hall–Kier alpha value is -1.29. The molecule has 0 amide bonds. The first-order valence-electron chi connectivity index (χ1n) is 3.03. The summed E-state index contributed by atoms with van der Waals surface area (Å²) < 4.78 is 9.08. The molecule has 0 aliphatic heterocycles. The summed E-state index contributed by atoms with van der Waals surface area (Å²) in [6.45, 7) is 0. The lowest BCUT2D eigenvalue weighted by Crippen LogP contribution is -1.98. The molecule has 1 rings (SSSR count). The minimum Gasteiger partial charge on any atom is -0.463 e. The van der Waals surface area contributed by atoms with E-state index in [9.17, 15) is 9.59 Å². The highest BCUT2D eigenvalue weighted by Crippen LogP contribution is 2.10. The average molecular weight is 189 g/mol.